The molecule has 0 atom stereocenters. The van der Waals surface area contributed by atoms with Crippen LogP contribution in [0, 0.1) is 6.07 Å². The molecule has 0 saturated heterocycles. The Hall–Kier alpha value is -0.882. The van der Waals surface area contributed by atoms with Crippen LogP contribution in [0.2, 0.25) is 0 Å². The third kappa shape index (κ3) is 2.33. The van der Waals surface area contributed by atoms with E-state index in [0.29, 0.717) is 0 Å². The largest absolute Gasteiger partial charge is 0.265 e. The topological polar surface area (TPSA) is 17.8 Å². The van der Waals surface area contributed by atoms with Crippen molar-refractivity contribution in [1.82, 2.24) is 9.78 Å². The maximum atomic E-state index is 4.38. The van der Waals surface area contributed by atoms with Gasteiger partial charge >= 0.3 is 0 Å². The van der Waals surface area contributed by atoms with Crippen LogP contribution < -0.4 is 0 Å². The van der Waals surface area contributed by atoms with Gasteiger partial charge in [0.15, 0.2) is 0 Å². The van der Waals surface area contributed by atoms with Crippen molar-refractivity contribution >= 4 is 0 Å². The minimum atomic E-state index is 0. The maximum Gasteiger partial charge on any atom is 0.0625 e. The van der Waals surface area contributed by atoms with E-state index in [-0.39, 0.29) is 21.1 Å². The molecule has 0 N–H and O–H groups in total. The summed E-state index contributed by atoms with van der Waals surface area (Å²) in [5.74, 6) is 0. The van der Waals surface area contributed by atoms with Gasteiger partial charge in [-0.1, -0.05) is 6.92 Å². The Labute approximate surface area is 98.2 Å². The van der Waals surface area contributed by atoms with Gasteiger partial charge in [0.1, 0.15) is 0 Å². The zero-order chi connectivity index (χ0) is 9.10. The molecule has 1 aromatic carbocycles. The van der Waals surface area contributed by atoms with Crippen molar-refractivity contribution in [3.8, 4) is 5.69 Å². The molecule has 0 fully saturated rings. The van der Waals surface area contributed by atoms with E-state index in [0.717, 1.165) is 17.8 Å². The molecule has 1 heterocycles. The summed E-state index contributed by atoms with van der Waals surface area (Å²) in [6.07, 6.45) is 2.94. The van der Waals surface area contributed by atoms with Gasteiger partial charge in [-0.05, 0) is 18.2 Å². The van der Waals surface area contributed by atoms with E-state index < -0.39 is 0 Å². The van der Waals surface area contributed by atoms with E-state index in [1.807, 2.05) is 41.2 Å². The SMILES string of the molecule is CCc1ccn(-c2[c-]cccc2)n1.[Pt]. The van der Waals surface area contributed by atoms with Crippen LogP contribution in [-0.2, 0) is 27.5 Å². The van der Waals surface area contributed by atoms with Crippen LogP contribution in [0.5, 0.6) is 0 Å². The average molecular weight is 366 g/mol. The van der Waals surface area contributed by atoms with Gasteiger partial charge in [-0.2, -0.15) is 29.4 Å². The summed E-state index contributed by atoms with van der Waals surface area (Å²) in [5, 5.41) is 4.38. The average Bonchev–Trinajstić information content (AvgIpc) is 2.67. The molecule has 1 aromatic heterocycles. The number of rotatable bonds is 2. The first-order valence-corrected chi connectivity index (χ1v) is 4.42. The molecule has 0 unspecified atom stereocenters. The van der Waals surface area contributed by atoms with E-state index in [4.69, 9.17) is 0 Å². The Kier molecular flexibility index (Phi) is 4.09. The molecular formula is C11H11N2Pt-. The van der Waals surface area contributed by atoms with E-state index in [9.17, 15) is 0 Å². The molecular weight excluding hydrogens is 355 g/mol. The predicted octanol–water partition coefficient (Wildman–Crippen LogP) is 2.23. The fourth-order valence-electron chi connectivity index (χ4n) is 1.21. The first-order valence-electron chi connectivity index (χ1n) is 4.42. The van der Waals surface area contributed by atoms with Gasteiger partial charge in [0, 0.05) is 27.3 Å². The summed E-state index contributed by atoms with van der Waals surface area (Å²) >= 11 is 0. The zero-order valence-electron chi connectivity index (χ0n) is 7.88. The minimum Gasteiger partial charge on any atom is -0.265 e. The van der Waals surface area contributed by atoms with E-state index >= 15 is 0 Å². The van der Waals surface area contributed by atoms with Crippen LogP contribution in [0.3, 0.4) is 0 Å². The summed E-state index contributed by atoms with van der Waals surface area (Å²) in [4.78, 5) is 0. The van der Waals surface area contributed by atoms with Gasteiger partial charge in [0.05, 0.1) is 5.69 Å². The van der Waals surface area contributed by atoms with E-state index in [1.54, 1.807) is 0 Å². The first-order chi connectivity index (χ1) is 6.40. The number of hydrogen-bond donors (Lipinski definition) is 0. The van der Waals surface area contributed by atoms with Crippen molar-refractivity contribution in [1.29, 1.82) is 0 Å². The monoisotopic (exact) mass is 366 g/mol. The zero-order valence-corrected chi connectivity index (χ0v) is 10.2. The van der Waals surface area contributed by atoms with Crippen LogP contribution in [0.25, 0.3) is 5.69 Å². The fourth-order valence-corrected chi connectivity index (χ4v) is 1.21. The number of hydrogen-bond acceptors (Lipinski definition) is 1. The van der Waals surface area contributed by atoms with Crippen molar-refractivity contribution in [3.63, 3.8) is 0 Å². The van der Waals surface area contributed by atoms with Gasteiger partial charge < -0.3 is 0 Å². The summed E-state index contributed by atoms with van der Waals surface area (Å²) in [6, 6.07) is 13.0. The molecule has 2 nitrogen and oxygen atoms in total. The molecule has 0 aliphatic heterocycles. The summed E-state index contributed by atoms with van der Waals surface area (Å²) < 4.78 is 1.85. The normalized spacial score (nSPS) is 9.50. The smallest absolute Gasteiger partial charge is 0.0625 e. The van der Waals surface area contributed by atoms with Crippen LogP contribution in [-0.4, -0.2) is 9.78 Å². The number of aryl methyl sites for hydroxylation is 1. The van der Waals surface area contributed by atoms with Gasteiger partial charge in [-0.3, -0.25) is 4.68 Å². The molecule has 0 saturated carbocycles. The number of aromatic nitrogens is 2. The first kappa shape index (κ1) is 11.2. The van der Waals surface area contributed by atoms with Gasteiger partial charge in [0.25, 0.3) is 0 Å². The molecule has 2 rings (SSSR count). The second kappa shape index (κ2) is 5.11. The van der Waals surface area contributed by atoms with Crippen LogP contribution in [0.1, 0.15) is 12.6 Å². The number of nitrogens with zero attached hydrogens (tertiary/aromatic N) is 2. The molecule has 0 bridgehead atoms. The fraction of sp³-hybridized carbons (Fsp3) is 0.182. The van der Waals surface area contributed by atoms with Crippen molar-refractivity contribution < 1.29 is 21.1 Å². The van der Waals surface area contributed by atoms with Crippen LogP contribution >= 0.6 is 0 Å². The van der Waals surface area contributed by atoms with E-state index in [1.165, 1.54) is 0 Å². The second-order valence-electron chi connectivity index (χ2n) is 2.85. The van der Waals surface area contributed by atoms with Gasteiger partial charge in [-0.25, -0.2) is 0 Å². The van der Waals surface area contributed by atoms with E-state index in [2.05, 4.69) is 18.1 Å². The molecule has 76 valence electrons. The molecule has 14 heavy (non-hydrogen) atoms. The molecule has 0 aliphatic rings. The standard InChI is InChI=1S/C11H11N2.Pt/c1-2-10-8-9-13(12-10)11-6-4-3-5-7-11;/h3-6,8-9H,2H2,1H3;/q-1;. The molecule has 0 aliphatic carbocycles. The van der Waals surface area contributed by atoms with Crippen molar-refractivity contribution in [2.45, 2.75) is 13.3 Å². The second-order valence-corrected chi connectivity index (χ2v) is 2.85. The Morgan fingerprint density at radius 2 is 2.21 bits per heavy atom. The molecule has 0 radical (unpaired) electrons. The Morgan fingerprint density at radius 3 is 2.79 bits per heavy atom. The molecule has 3 heteroatoms. The van der Waals surface area contributed by atoms with Crippen LogP contribution in [0.15, 0.2) is 36.5 Å². The number of para-hydroxylation sites is 1. The quantitative estimate of drug-likeness (QED) is 0.746. The Morgan fingerprint density at radius 1 is 1.36 bits per heavy atom. The van der Waals surface area contributed by atoms with Gasteiger partial charge in [0.2, 0.25) is 0 Å². The van der Waals surface area contributed by atoms with Crippen molar-refractivity contribution in [3.05, 3.63) is 48.3 Å². The summed E-state index contributed by atoms with van der Waals surface area (Å²) in [5.41, 5.74) is 2.10. The van der Waals surface area contributed by atoms with Crippen molar-refractivity contribution in [2.75, 3.05) is 0 Å². The predicted molar refractivity (Wildman–Crippen MR) is 51.8 cm³/mol. The third-order valence-electron chi connectivity index (χ3n) is 1.95. The number of benzene rings is 1. The van der Waals surface area contributed by atoms with Gasteiger partial charge in [-0.15, -0.1) is 6.07 Å². The minimum absolute atomic E-state index is 0. The molecule has 2 aromatic rings. The summed E-state index contributed by atoms with van der Waals surface area (Å²) in [6.45, 7) is 2.10. The third-order valence-corrected chi connectivity index (χ3v) is 1.95. The molecule has 0 amide bonds. The van der Waals surface area contributed by atoms with Crippen molar-refractivity contribution in [2.24, 2.45) is 0 Å². The Bertz CT molecular complexity index is 381. The van der Waals surface area contributed by atoms with Crippen LogP contribution in [0.4, 0.5) is 0 Å². The Balaban J connectivity index is 0.000000980. The maximum absolute atomic E-state index is 4.38. The summed E-state index contributed by atoms with van der Waals surface area (Å²) in [7, 11) is 0. The molecule has 0 spiro atoms.